The molecule has 0 spiro atoms. The molecule has 0 saturated heterocycles. The molecule has 1 rings (SSSR count). The van der Waals surface area contributed by atoms with E-state index in [1.165, 1.54) is 24.8 Å². The van der Waals surface area contributed by atoms with E-state index in [9.17, 15) is 0 Å². The summed E-state index contributed by atoms with van der Waals surface area (Å²) in [6.07, 6.45) is 9.08. The normalized spacial score (nSPS) is 12.9. The summed E-state index contributed by atoms with van der Waals surface area (Å²) in [5.41, 5.74) is 1.34. The molecule has 0 amide bonds. The van der Waals surface area contributed by atoms with Crippen LogP contribution in [0.3, 0.4) is 0 Å². The van der Waals surface area contributed by atoms with Crippen molar-refractivity contribution >= 4 is 0 Å². The van der Waals surface area contributed by atoms with Crippen molar-refractivity contribution in [2.45, 2.75) is 59.0 Å². The van der Waals surface area contributed by atoms with Crippen molar-refractivity contribution < 1.29 is 0 Å². The number of aryl methyl sites for hydroxylation is 1. The molecule has 1 heterocycles. The van der Waals surface area contributed by atoms with Crippen molar-refractivity contribution in [3.05, 3.63) is 18.0 Å². The van der Waals surface area contributed by atoms with E-state index in [1.54, 1.807) is 0 Å². The van der Waals surface area contributed by atoms with E-state index in [4.69, 9.17) is 0 Å². The molecule has 0 aromatic carbocycles. The predicted octanol–water partition coefficient (Wildman–Crippen LogP) is 3.13. The van der Waals surface area contributed by atoms with Crippen LogP contribution in [-0.2, 0) is 6.54 Å². The van der Waals surface area contributed by atoms with Gasteiger partial charge in [-0.15, -0.1) is 0 Å². The highest BCUT2D eigenvalue weighted by molar-refractivity contribution is 5.10. The second-order valence-corrected chi connectivity index (χ2v) is 4.29. The molecule has 1 aromatic heterocycles. The zero-order chi connectivity index (χ0) is 11.8. The molecule has 0 bridgehead atoms. The third-order valence-electron chi connectivity index (χ3n) is 2.81. The van der Waals surface area contributed by atoms with Gasteiger partial charge in [0, 0.05) is 24.3 Å². The maximum absolute atomic E-state index is 4.39. The van der Waals surface area contributed by atoms with Gasteiger partial charge in [0.2, 0.25) is 0 Å². The average molecular weight is 223 g/mol. The molecule has 0 radical (unpaired) electrons. The molecular formula is C13H25N3. The summed E-state index contributed by atoms with van der Waals surface area (Å²) in [5, 5.41) is 7.93. The standard InChI is InChI=1S/C13H25N3/c1-4-7-8-13(14-6-3)12-10-15-16(11-12)9-5-2/h10-11,13-14H,4-9H2,1-3H3. The van der Waals surface area contributed by atoms with Gasteiger partial charge >= 0.3 is 0 Å². The number of nitrogens with one attached hydrogen (secondary N) is 1. The molecule has 1 aromatic rings. The SMILES string of the molecule is CCCCC(NCC)c1cnn(CCC)c1. The molecule has 1 unspecified atom stereocenters. The molecule has 0 aliphatic rings. The molecule has 0 saturated carbocycles. The largest absolute Gasteiger partial charge is 0.310 e. The van der Waals surface area contributed by atoms with Crippen LogP contribution < -0.4 is 5.32 Å². The van der Waals surface area contributed by atoms with Gasteiger partial charge in [0.15, 0.2) is 0 Å². The Morgan fingerprint density at radius 3 is 2.75 bits per heavy atom. The minimum absolute atomic E-state index is 0.482. The van der Waals surface area contributed by atoms with Gasteiger partial charge in [-0.05, 0) is 19.4 Å². The van der Waals surface area contributed by atoms with Gasteiger partial charge < -0.3 is 5.32 Å². The molecule has 3 heteroatoms. The zero-order valence-electron chi connectivity index (χ0n) is 10.9. The molecule has 92 valence electrons. The van der Waals surface area contributed by atoms with Crippen molar-refractivity contribution in [1.82, 2.24) is 15.1 Å². The van der Waals surface area contributed by atoms with Crippen LogP contribution in [0.1, 0.15) is 58.1 Å². The summed E-state index contributed by atoms with van der Waals surface area (Å²) in [7, 11) is 0. The van der Waals surface area contributed by atoms with E-state index in [1.807, 2.05) is 10.9 Å². The van der Waals surface area contributed by atoms with Crippen LogP contribution in [0.5, 0.6) is 0 Å². The van der Waals surface area contributed by atoms with Crippen LogP contribution in [0.15, 0.2) is 12.4 Å². The summed E-state index contributed by atoms with van der Waals surface area (Å²) in [6, 6.07) is 0.482. The van der Waals surface area contributed by atoms with Gasteiger partial charge in [0.25, 0.3) is 0 Å². The van der Waals surface area contributed by atoms with Crippen molar-refractivity contribution in [1.29, 1.82) is 0 Å². The number of hydrogen-bond donors (Lipinski definition) is 1. The van der Waals surface area contributed by atoms with E-state index in [0.29, 0.717) is 6.04 Å². The van der Waals surface area contributed by atoms with Crippen molar-refractivity contribution in [3.8, 4) is 0 Å². The second kappa shape index (κ2) is 7.44. The molecule has 16 heavy (non-hydrogen) atoms. The number of rotatable bonds is 8. The fourth-order valence-corrected chi connectivity index (χ4v) is 1.95. The number of hydrogen-bond acceptors (Lipinski definition) is 2. The first-order valence-electron chi connectivity index (χ1n) is 6.57. The number of nitrogens with zero attached hydrogens (tertiary/aromatic N) is 2. The Labute approximate surface area is 99.2 Å². The molecule has 0 aliphatic heterocycles. The van der Waals surface area contributed by atoms with E-state index in [-0.39, 0.29) is 0 Å². The van der Waals surface area contributed by atoms with Gasteiger partial charge in [0.05, 0.1) is 6.20 Å². The molecule has 0 fully saturated rings. The molecule has 3 nitrogen and oxygen atoms in total. The van der Waals surface area contributed by atoms with Crippen LogP contribution >= 0.6 is 0 Å². The lowest BCUT2D eigenvalue weighted by molar-refractivity contribution is 0.493. The highest BCUT2D eigenvalue weighted by atomic mass is 15.3. The lowest BCUT2D eigenvalue weighted by Crippen LogP contribution is -2.20. The molecule has 0 aliphatic carbocycles. The van der Waals surface area contributed by atoms with Crippen LogP contribution in [0, 0.1) is 0 Å². The lowest BCUT2D eigenvalue weighted by Gasteiger charge is -2.15. The van der Waals surface area contributed by atoms with E-state index >= 15 is 0 Å². The smallest absolute Gasteiger partial charge is 0.0537 e. The summed E-state index contributed by atoms with van der Waals surface area (Å²) in [6.45, 7) is 8.62. The first kappa shape index (κ1) is 13.2. The number of unbranched alkanes of at least 4 members (excludes halogenated alkanes) is 1. The fourth-order valence-electron chi connectivity index (χ4n) is 1.95. The summed E-state index contributed by atoms with van der Waals surface area (Å²) >= 11 is 0. The first-order valence-corrected chi connectivity index (χ1v) is 6.57. The van der Waals surface area contributed by atoms with Crippen LogP contribution in [-0.4, -0.2) is 16.3 Å². The average Bonchev–Trinajstić information content (AvgIpc) is 2.73. The van der Waals surface area contributed by atoms with Crippen LogP contribution in [0.25, 0.3) is 0 Å². The van der Waals surface area contributed by atoms with Crippen molar-refractivity contribution in [3.63, 3.8) is 0 Å². The summed E-state index contributed by atoms with van der Waals surface area (Å²) < 4.78 is 2.05. The number of aromatic nitrogens is 2. The van der Waals surface area contributed by atoms with Gasteiger partial charge in [-0.2, -0.15) is 5.10 Å². The van der Waals surface area contributed by atoms with Crippen molar-refractivity contribution in [2.75, 3.05) is 6.54 Å². The third-order valence-corrected chi connectivity index (χ3v) is 2.81. The van der Waals surface area contributed by atoms with Gasteiger partial charge in [-0.25, -0.2) is 0 Å². The van der Waals surface area contributed by atoms with Crippen LogP contribution in [0.4, 0.5) is 0 Å². The lowest BCUT2D eigenvalue weighted by atomic mass is 10.0. The highest BCUT2D eigenvalue weighted by Crippen LogP contribution is 2.18. The summed E-state index contributed by atoms with van der Waals surface area (Å²) in [4.78, 5) is 0. The highest BCUT2D eigenvalue weighted by Gasteiger charge is 2.11. The maximum atomic E-state index is 4.39. The Bertz CT molecular complexity index is 280. The monoisotopic (exact) mass is 223 g/mol. The Hall–Kier alpha value is -0.830. The molecule has 1 atom stereocenters. The van der Waals surface area contributed by atoms with Crippen molar-refractivity contribution in [2.24, 2.45) is 0 Å². The molecule has 1 N–H and O–H groups in total. The van der Waals surface area contributed by atoms with E-state index in [0.717, 1.165) is 19.5 Å². The predicted molar refractivity (Wildman–Crippen MR) is 68.5 cm³/mol. The van der Waals surface area contributed by atoms with Gasteiger partial charge in [-0.1, -0.05) is 33.6 Å². The zero-order valence-corrected chi connectivity index (χ0v) is 10.9. The fraction of sp³-hybridized carbons (Fsp3) is 0.769. The minimum atomic E-state index is 0.482. The third kappa shape index (κ3) is 3.97. The molecular weight excluding hydrogens is 198 g/mol. The summed E-state index contributed by atoms with van der Waals surface area (Å²) in [5.74, 6) is 0. The Kier molecular flexibility index (Phi) is 6.16. The maximum Gasteiger partial charge on any atom is 0.0537 e. The Morgan fingerprint density at radius 2 is 2.12 bits per heavy atom. The topological polar surface area (TPSA) is 29.9 Å². The first-order chi connectivity index (χ1) is 7.81. The van der Waals surface area contributed by atoms with E-state index in [2.05, 4.69) is 37.4 Å². The Balaban J connectivity index is 2.59. The minimum Gasteiger partial charge on any atom is -0.310 e. The Morgan fingerprint density at radius 1 is 1.31 bits per heavy atom. The second-order valence-electron chi connectivity index (χ2n) is 4.29. The quantitative estimate of drug-likeness (QED) is 0.734. The van der Waals surface area contributed by atoms with E-state index < -0.39 is 0 Å². The van der Waals surface area contributed by atoms with Gasteiger partial charge in [0.1, 0.15) is 0 Å². The van der Waals surface area contributed by atoms with Gasteiger partial charge in [-0.3, -0.25) is 4.68 Å². The van der Waals surface area contributed by atoms with Crippen LogP contribution in [0.2, 0.25) is 0 Å².